The predicted octanol–water partition coefficient (Wildman–Crippen LogP) is 4.30. The van der Waals surface area contributed by atoms with E-state index >= 15 is 0 Å². The number of aromatic hydroxyl groups is 2. The van der Waals surface area contributed by atoms with Gasteiger partial charge >= 0.3 is 0 Å². The van der Waals surface area contributed by atoms with Crippen molar-refractivity contribution >= 4 is 11.6 Å². The van der Waals surface area contributed by atoms with Crippen LogP contribution in [0.4, 0.5) is 0 Å². The Morgan fingerprint density at radius 2 is 1.38 bits per heavy atom. The number of β-amino-alcohol motifs (C(OH)–C–C–N with tert-alkyl or cyclic N) is 2. The summed E-state index contributed by atoms with van der Waals surface area (Å²) in [5, 5.41) is 45.1. The number of hydrogen-bond acceptors (Lipinski definition) is 7. The van der Waals surface area contributed by atoms with Gasteiger partial charge in [0.2, 0.25) is 0 Å². The Morgan fingerprint density at radius 1 is 0.853 bits per heavy atom. The minimum absolute atomic E-state index is 0.0119. The number of phenols is 2. The number of aryl methyl sites for hydroxylation is 1. The lowest BCUT2D eigenvalue weighted by Gasteiger charge is -2.23. The summed E-state index contributed by atoms with van der Waals surface area (Å²) in [5.41, 5.74) is 1.48. The zero-order valence-electron chi connectivity index (χ0n) is 21.3. The first-order valence-electron chi connectivity index (χ1n) is 11.3. The Bertz CT molecular complexity index is 873. The van der Waals surface area contributed by atoms with Gasteiger partial charge in [0.1, 0.15) is 30.0 Å². The smallest absolute Gasteiger partial charge is 0.138 e. The molecule has 192 valence electrons. The van der Waals surface area contributed by atoms with Crippen LogP contribution in [0, 0.1) is 6.92 Å². The Labute approximate surface area is 208 Å². The molecule has 0 saturated heterocycles. The van der Waals surface area contributed by atoms with Crippen molar-refractivity contribution in [1.29, 1.82) is 0 Å². The van der Waals surface area contributed by atoms with Crippen LogP contribution in [0.1, 0.15) is 58.8 Å². The quantitative estimate of drug-likeness (QED) is 0.323. The Hall–Kier alpha value is -2.03. The van der Waals surface area contributed by atoms with Gasteiger partial charge in [-0.2, -0.15) is 0 Å². The Balaban J connectivity index is 0.000000342. The van der Waals surface area contributed by atoms with Crippen molar-refractivity contribution in [3.05, 3.63) is 52.5 Å². The highest BCUT2D eigenvalue weighted by molar-refractivity contribution is 6.32. The molecule has 2 rings (SSSR count). The maximum absolute atomic E-state index is 9.85. The van der Waals surface area contributed by atoms with Gasteiger partial charge in [0, 0.05) is 30.2 Å². The Kier molecular flexibility index (Phi) is 11.6. The van der Waals surface area contributed by atoms with Crippen LogP contribution in [0.25, 0.3) is 0 Å². The van der Waals surface area contributed by atoms with Crippen LogP contribution >= 0.6 is 11.6 Å². The van der Waals surface area contributed by atoms with Crippen LogP contribution < -0.4 is 15.4 Å². The molecular weight excluding hydrogens is 456 g/mol. The van der Waals surface area contributed by atoms with E-state index in [-0.39, 0.29) is 29.2 Å². The number of benzene rings is 2. The molecule has 34 heavy (non-hydrogen) atoms. The zero-order valence-corrected chi connectivity index (χ0v) is 22.1. The third kappa shape index (κ3) is 13.0. The number of aliphatic hydroxyl groups excluding tert-OH is 2. The molecule has 8 heteroatoms. The van der Waals surface area contributed by atoms with Gasteiger partial charge in [-0.1, -0.05) is 17.7 Å². The molecule has 2 aromatic carbocycles. The van der Waals surface area contributed by atoms with E-state index in [0.717, 1.165) is 5.56 Å². The van der Waals surface area contributed by atoms with Gasteiger partial charge in [-0.3, -0.25) is 0 Å². The maximum Gasteiger partial charge on any atom is 0.138 e. The van der Waals surface area contributed by atoms with E-state index in [4.69, 9.17) is 16.3 Å². The van der Waals surface area contributed by atoms with E-state index in [2.05, 4.69) is 31.4 Å². The molecule has 0 spiro atoms. The molecule has 2 unspecified atom stereocenters. The highest BCUT2D eigenvalue weighted by Crippen LogP contribution is 2.26. The number of hydrogen-bond donors (Lipinski definition) is 6. The predicted molar refractivity (Wildman–Crippen MR) is 138 cm³/mol. The maximum atomic E-state index is 9.85. The lowest BCUT2D eigenvalue weighted by molar-refractivity contribution is 0.100. The normalized spacial score (nSPS) is 13.6. The van der Waals surface area contributed by atoms with E-state index in [1.54, 1.807) is 6.07 Å². The Morgan fingerprint density at radius 3 is 1.91 bits per heavy atom. The minimum Gasteiger partial charge on any atom is -0.508 e. The second-order valence-corrected chi connectivity index (χ2v) is 10.9. The molecule has 0 bridgehead atoms. The monoisotopic (exact) mass is 496 g/mol. The van der Waals surface area contributed by atoms with Crippen molar-refractivity contribution in [2.45, 2.75) is 71.8 Å². The summed E-state index contributed by atoms with van der Waals surface area (Å²) in [7, 11) is 0. The van der Waals surface area contributed by atoms with Gasteiger partial charge in [-0.05, 0) is 83.9 Å². The van der Waals surface area contributed by atoms with Crippen LogP contribution in [-0.4, -0.2) is 57.3 Å². The lowest BCUT2D eigenvalue weighted by atomic mass is 10.1. The fourth-order valence-corrected chi connectivity index (χ4v) is 2.89. The molecule has 0 aromatic heterocycles. The van der Waals surface area contributed by atoms with Gasteiger partial charge in [-0.15, -0.1) is 0 Å². The van der Waals surface area contributed by atoms with E-state index in [1.165, 1.54) is 18.2 Å². The van der Waals surface area contributed by atoms with Gasteiger partial charge < -0.3 is 35.8 Å². The van der Waals surface area contributed by atoms with Crippen molar-refractivity contribution in [3.63, 3.8) is 0 Å². The van der Waals surface area contributed by atoms with Crippen LogP contribution in [0.5, 0.6) is 17.2 Å². The number of phenolic OH excluding ortho intramolecular Hbond substituents is 2. The zero-order chi connectivity index (χ0) is 26.1. The fourth-order valence-electron chi connectivity index (χ4n) is 2.72. The third-order valence-corrected chi connectivity index (χ3v) is 4.83. The molecule has 2 aromatic rings. The SMILES string of the molecule is CC(C)(C)NCC(O)c1cc(O)cc(O)c1.Cc1ccc(Cl)c(OCC(O)CNC(C)(C)C)c1. The third-order valence-electron chi connectivity index (χ3n) is 4.52. The molecule has 0 aliphatic carbocycles. The average Bonchev–Trinajstić information content (AvgIpc) is 2.70. The number of ether oxygens (including phenoxy) is 1. The second kappa shape index (κ2) is 13.2. The first-order chi connectivity index (χ1) is 15.6. The molecule has 0 heterocycles. The number of halogens is 1. The van der Waals surface area contributed by atoms with Crippen molar-refractivity contribution in [2.75, 3.05) is 19.7 Å². The number of rotatable bonds is 8. The molecular formula is C26H41ClN2O5. The van der Waals surface area contributed by atoms with Gasteiger partial charge in [0.05, 0.1) is 11.1 Å². The second-order valence-electron chi connectivity index (χ2n) is 10.5. The molecule has 0 amide bonds. The van der Waals surface area contributed by atoms with Gasteiger partial charge in [-0.25, -0.2) is 0 Å². The first kappa shape index (κ1) is 30.0. The largest absolute Gasteiger partial charge is 0.508 e. The topological polar surface area (TPSA) is 114 Å². The van der Waals surface area contributed by atoms with Gasteiger partial charge in [0.15, 0.2) is 0 Å². The van der Waals surface area contributed by atoms with E-state index in [1.807, 2.05) is 39.8 Å². The van der Waals surface area contributed by atoms with Crippen LogP contribution in [-0.2, 0) is 0 Å². The summed E-state index contributed by atoms with van der Waals surface area (Å²) in [5.74, 6) is 0.515. The molecule has 0 fully saturated rings. The van der Waals surface area contributed by atoms with Crippen LogP contribution in [0.15, 0.2) is 36.4 Å². The van der Waals surface area contributed by atoms with Crippen LogP contribution in [0.2, 0.25) is 5.02 Å². The van der Waals surface area contributed by atoms with E-state index < -0.39 is 12.2 Å². The molecule has 2 atom stereocenters. The summed E-state index contributed by atoms with van der Waals surface area (Å²) in [6, 6.07) is 9.70. The molecule has 7 nitrogen and oxygen atoms in total. The highest BCUT2D eigenvalue weighted by Gasteiger charge is 2.15. The molecule has 0 aliphatic heterocycles. The average molecular weight is 497 g/mol. The lowest BCUT2D eigenvalue weighted by Crippen LogP contribution is -2.42. The molecule has 6 N–H and O–H groups in total. The van der Waals surface area contributed by atoms with E-state index in [9.17, 15) is 20.4 Å². The molecule has 0 saturated carbocycles. The minimum atomic E-state index is -0.753. The highest BCUT2D eigenvalue weighted by atomic mass is 35.5. The van der Waals surface area contributed by atoms with Crippen molar-refractivity contribution in [3.8, 4) is 17.2 Å². The summed E-state index contributed by atoms with van der Waals surface area (Å²) < 4.78 is 5.52. The fraction of sp³-hybridized carbons (Fsp3) is 0.538. The molecule has 0 aliphatic rings. The molecule has 0 radical (unpaired) electrons. The first-order valence-corrected chi connectivity index (χ1v) is 11.7. The standard InChI is InChI=1S/C14H22ClNO2.C12H19NO3/c1-10-5-6-12(15)13(7-10)18-9-11(17)8-16-14(2,3)4;1-12(2,3)13-7-11(16)8-4-9(14)6-10(15)5-8/h5-7,11,16-17H,8-9H2,1-4H3;4-6,11,13-16H,7H2,1-3H3. The van der Waals surface area contributed by atoms with E-state index in [0.29, 0.717) is 29.4 Å². The van der Waals surface area contributed by atoms with Crippen molar-refractivity contribution < 1.29 is 25.2 Å². The summed E-state index contributed by atoms with van der Waals surface area (Å²) in [4.78, 5) is 0. The number of nitrogens with one attached hydrogen (secondary N) is 2. The van der Waals surface area contributed by atoms with Gasteiger partial charge in [0.25, 0.3) is 0 Å². The summed E-state index contributed by atoms with van der Waals surface area (Å²) in [6.07, 6.45) is -1.31. The van der Waals surface area contributed by atoms with Crippen molar-refractivity contribution in [1.82, 2.24) is 10.6 Å². The summed E-state index contributed by atoms with van der Waals surface area (Å²) >= 11 is 6.01. The summed E-state index contributed by atoms with van der Waals surface area (Å²) in [6.45, 7) is 15.2. The van der Waals surface area contributed by atoms with Crippen molar-refractivity contribution in [2.24, 2.45) is 0 Å². The van der Waals surface area contributed by atoms with Crippen LogP contribution in [0.3, 0.4) is 0 Å². The number of aliphatic hydroxyl groups is 2.